The van der Waals surface area contributed by atoms with E-state index in [1.165, 1.54) is 11.3 Å². The molecule has 15 heavy (non-hydrogen) atoms. The maximum absolute atomic E-state index is 5.18. The van der Waals surface area contributed by atoms with Crippen LogP contribution >= 0.6 is 11.8 Å². The minimum Gasteiger partial charge on any atom is -0.354 e. The molecule has 0 aliphatic rings. The first kappa shape index (κ1) is 12.6. The Bertz CT molecular complexity index is 295. The van der Waals surface area contributed by atoms with E-state index in [1.54, 1.807) is 14.2 Å². The molecule has 3 nitrogen and oxygen atoms in total. The Hall–Kier alpha value is -0.450. The highest BCUT2D eigenvalue weighted by atomic mass is 32.2. The van der Waals surface area contributed by atoms with Gasteiger partial charge in [0.25, 0.3) is 0 Å². The molecule has 0 amide bonds. The average Bonchev–Trinajstić information content (AvgIpc) is 2.56. The van der Waals surface area contributed by atoms with Gasteiger partial charge in [0.05, 0.1) is 6.54 Å². The molecule has 0 aliphatic heterocycles. The van der Waals surface area contributed by atoms with Crippen LogP contribution in [0.15, 0.2) is 12.3 Å². The van der Waals surface area contributed by atoms with Crippen LogP contribution in [-0.4, -0.2) is 31.3 Å². The van der Waals surface area contributed by atoms with Gasteiger partial charge in [-0.15, -0.1) is 0 Å². The maximum atomic E-state index is 5.18. The summed E-state index contributed by atoms with van der Waals surface area (Å²) in [6.45, 7) is 2.85. The molecule has 0 saturated carbocycles. The summed E-state index contributed by atoms with van der Waals surface area (Å²) < 4.78 is 12.5. The summed E-state index contributed by atoms with van der Waals surface area (Å²) in [6.07, 6.45) is 4.11. The number of hydrogen-bond donors (Lipinski definition) is 0. The molecule has 1 rings (SSSR count). The van der Waals surface area contributed by atoms with Crippen LogP contribution in [0.25, 0.3) is 0 Å². The van der Waals surface area contributed by atoms with Crippen LogP contribution in [0, 0.1) is 6.92 Å². The predicted molar refractivity (Wildman–Crippen MR) is 64.2 cm³/mol. The lowest BCUT2D eigenvalue weighted by atomic mass is 10.3. The highest BCUT2D eigenvalue weighted by Gasteiger charge is 2.08. The van der Waals surface area contributed by atoms with Gasteiger partial charge in [0.15, 0.2) is 6.29 Å². The normalized spacial score (nSPS) is 11.3. The Morgan fingerprint density at radius 1 is 1.40 bits per heavy atom. The van der Waals surface area contributed by atoms with E-state index in [0.717, 1.165) is 12.3 Å². The number of methoxy groups -OCH3 is 2. The Morgan fingerprint density at radius 3 is 2.60 bits per heavy atom. The summed E-state index contributed by atoms with van der Waals surface area (Å²) in [5, 5.41) is 0. The lowest BCUT2D eigenvalue weighted by Crippen LogP contribution is -2.20. The molecule has 1 heterocycles. The monoisotopic (exact) mass is 229 g/mol. The highest BCUT2D eigenvalue weighted by Crippen LogP contribution is 2.14. The smallest absolute Gasteiger partial charge is 0.174 e. The number of hydrogen-bond acceptors (Lipinski definition) is 3. The molecule has 0 unspecified atom stereocenters. The van der Waals surface area contributed by atoms with Gasteiger partial charge in [-0.25, -0.2) is 0 Å². The van der Waals surface area contributed by atoms with Crippen LogP contribution in [-0.2, 0) is 21.8 Å². The van der Waals surface area contributed by atoms with Crippen LogP contribution in [0.2, 0.25) is 0 Å². The van der Waals surface area contributed by atoms with Gasteiger partial charge in [-0.1, -0.05) is 0 Å². The second-order valence-electron chi connectivity index (χ2n) is 3.48. The number of thioether (sulfide) groups is 1. The molecule has 0 fully saturated rings. The third kappa shape index (κ3) is 3.55. The topological polar surface area (TPSA) is 23.4 Å². The van der Waals surface area contributed by atoms with Gasteiger partial charge in [-0.05, 0) is 24.8 Å². The van der Waals surface area contributed by atoms with E-state index in [1.807, 2.05) is 11.8 Å². The van der Waals surface area contributed by atoms with E-state index < -0.39 is 0 Å². The van der Waals surface area contributed by atoms with Gasteiger partial charge in [0.1, 0.15) is 0 Å². The van der Waals surface area contributed by atoms with Crippen molar-refractivity contribution in [1.29, 1.82) is 0 Å². The van der Waals surface area contributed by atoms with Crippen LogP contribution in [0.4, 0.5) is 0 Å². The first-order valence-corrected chi connectivity index (χ1v) is 6.30. The lowest BCUT2D eigenvalue weighted by molar-refractivity contribution is -0.111. The number of rotatable bonds is 6. The van der Waals surface area contributed by atoms with Crippen molar-refractivity contribution in [3.05, 3.63) is 23.5 Å². The summed E-state index contributed by atoms with van der Waals surface area (Å²) in [6, 6.07) is 2.21. The van der Waals surface area contributed by atoms with Gasteiger partial charge in [0.2, 0.25) is 0 Å². The lowest BCUT2D eigenvalue weighted by Gasteiger charge is -2.15. The Morgan fingerprint density at radius 2 is 2.07 bits per heavy atom. The van der Waals surface area contributed by atoms with Crippen molar-refractivity contribution in [3.8, 4) is 0 Å². The van der Waals surface area contributed by atoms with Crippen molar-refractivity contribution in [1.82, 2.24) is 4.57 Å². The second kappa shape index (κ2) is 6.20. The zero-order chi connectivity index (χ0) is 11.3. The maximum Gasteiger partial charge on any atom is 0.174 e. The fourth-order valence-electron chi connectivity index (χ4n) is 1.54. The fraction of sp³-hybridized carbons (Fsp3) is 0.636. The van der Waals surface area contributed by atoms with E-state index in [-0.39, 0.29) is 6.29 Å². The van der Waals surface area contributed by atoms with Crippen molar-refractivity contribution in [2.24, 2.45) is 0 Å². The zero-order valence-corrected chi connectivity index (χ0v) is 10.6. The van der Waals surface area contributed by atoms with Gasteiger partial charge in [0, 0.05) is 31.9 Å². The van der Waals surface area contributed by atoms with Crippen molar-refractivity contribution in [2.45, 2.75) is 25.5 Å². The van der Waals surface area contributed by atoms with Crippen molar-refractivity contribution in [2.75, 3.05) is 20.5 Å². The SMILES string of the molecule is COC(Cn1cc(CSC)cc1C)OC. The van der Waals surface area contributed by atoms with Gasteiger partial charge < -0.3 is 14.0 Å². The molecule has 0 bridgehead atoms. The molecule has 0 aromatic carbocycles. The molecule has 0 spiro atoms. The van der Waals surface area contributed by atoms with Crippen LogP contribution < -0.4 is 0 Å². The highest BCUT2D eigenvalue weighted by molar-refractivity contribution is 7.97. The fourth-order valence-corrected chi connectivity index (χ4v) is 2.03. The number of aryl methyl sites for hydroxylation is 1. The van der Waals surface area contributed by atoms with E-state index in [0.29, 0.717) is 0 Å². The Kier molecular flexibility index (Phi) is 5.22. The van der Waals surface area contributed by atoms with E-state index >= 15 is 0 Å². The molecule has 0 aliphatic carbocycles. The molecule has 0 radical (unpaired) electrons. The molecule has 0 saturated heterocycles. The molecular weight excluding hydrogens is 210 g/mol. The van der Waals surface area contributed by atoms with E-state index in [9.17, 15) is 0 Å². The van der Waals surface area contributed by atoms with E-state index in [4.69, 9.17) is 9.47 Å². The standard InChI is InChI=1S/C11H19NO2S/c1-9-5-10(8-15-4)6-12(9)7-11(13-2)14-3/h5-6,11H,7-8H2,1-4H3. The second-order valence-corrected chi connectivity index (χ2v) is 4.34. The third-order valence-electron chi connectivity index (χ3n) is 2.35. The summed E-state index contributed by atoms with van der Waals surface area (Å²) in [4.78, 5) is 0. The van der Waals surface area contributed by atoms with Crippen LogP contribution in [0.5, 0.6) is 0 Å². The van der Waals surface area contributed by atoms with Gasteiger partial charge in [-0.2, -0.15) is 11.8 Å². The molecule has 0 atom stereocenters. The van der Waals surface area contributed by atoms with Crippen molar-refractivity contribution in [3.63, 3.8) is 0 Å². The predicted octanol–water partition coefficient (Wildman–Crippen LogP) is 2.28. The molecule has 4 heteroatoms. The number of aromatic nitrogens is 1. The van der Waals surface area contributed by atoms with Crippen molar-refractivity contribution >= 4 is 11.8 Å². The number of ether oxygens (including phenoxy) is 2. The van der Waals surface area contributed by atoms with Crippen molar-refractivity contribution < 1.29 is 9.47 Å². The van der Waals surface area contributed by atoms with Crippen LogP contribution in [0.1, 0.15) is 11.3 Å². The van der Waals surface area contributed by atoms with Gasteiger partial charge >= 0.3 is 0 Å². The first-order valence-electron chi connectivity index (χ1n) is 4.91. The summed E-state index contributed by atoms with van der Waals surface area (Å²) in [5.74, 6) is 1.05. The van der Waals surface area contributed by atoms with Gasteiger partial charge in [-0.3, -0.25) is 0 Å². The third-order valence-corrected chi connectivity index (χ3v) is 2.97. The molecule has 0 N–H and O–H groups in total. The molecule has 1 aromatic rings. The summed E-state index contributed by atoms with van der Waals surface area (Å²) in [5.41, 5.74) is 2.60. The minimum absolute atomic E-state index is 0.168. The number of nitrogens with zero attached hydrogens (tertiary/aromatic N) is 1. The quantitative estimate of drug-likeness (QED) is 0.699. The minimum atomic E-state index is -0.168. The summed E-state index contributed by atoms with van der Waals surface area (Å²) >= 11 is 1.83. The molecular formula is C11H19NO2S. The molecule has 86 valence electrons. The Balaban J connectivity index is 2.67. The largest absolute Gasteiger partial charge is 0.354 e. The van der Waals surface area contributed by atoms with Crippen LogP contribution in [0.3, 0.4) is 0 Å². The average molecular weight is 229 g/mol. The molecule has 1 aromatic heterocycles. The first-order chi connectivity index (χ1) is 7.21. The van der Waals surface area contributed by atoms with E-state index in [2.05, 4.69) is 30.0 Å². The zero-order valence-electron chi connectivity index (χ0n) is 9.82. The summed E-state index contributed by atoms with van der Waals surface area (Å²) in [7, 11) is 3.33. The Labute approximate surface area is 95.8 Å².